The van der Waals surface area contributed by atoms with Crippen LogP contribution in [-0.4, -0.2) is 34.7 Å². The fraction of sp³-hybridized carbons (Fsp3) is 0.611. The quantitative estimate of drug-likeness (QED) is 0.763. The molecule has 132 valence electrons. The van der Waals surface area contributed by atoms with E-state index in [1.54, 1.807) is 6.07 Å². The summed E-state index contributed by atoms with van der Waals surface area (Å²) in [5.74, 6) is 0. The number of piperidine rings is 1. The zero-order valence-electron chi connectivity index (χ0n) is 14.3. The molecule has 2 heterocycles. The Kier molecular flexibility index (Phi) is 4.89. The lowest BCUT2D eigenvalue weighted by molar-refractivity contribution is 0.00684. The first kappa shape index (κ1) is 17.7. The molecule has 2 fully saturated rings. The lowest BCUT2D eigenvalue weighted by atomic mass is 9.97. The Hall–Kier alpha value is -1.13. The number of ether oxygens (including phenoxy) is 1. The molecule has 1 aromatic carbocycles. The van der Waals surface area contributed by atoms with Crippen LogP contribution in [0.15, 0.2) is 18.2 Å². The molecule has 24 heavy (non-hydrogen) atoms. The Morgan fingerprint density at radius 1 is 1.21 bits per heavy atom. The van der Waals surface area contributed by atoms with Gasteiger partial charge in [-0.3, -0.25) is 0 Å². The van der Waals surface area contributed by atoms with Crippen molar-refractivity contribution in [3.05, 3.63) is 28.2 Å². The summed E-state index contributed by atoms with van der Waals surface area (Å²) in [7, 11) is 0. The zero-order chi connectivity index (χ0) is 17.5. The van der Waals surface area contributed by atoms with Crippen molar-refractivity contribution >= 4 is 35.0 Å². The highest BCUT2D eigenvalue weighted by molar-refractivity contribution is 6.43. The number of hydrogen-bond acceptors (Lipinski definition) is 3. The third kappa shape index (κ3) is 3.75. The second kappa shape index (κ2) is 6.64. The first-order valence-electron chi connectivity index (χ1n) is 8.46. The Morgan fingerprint density at radius 3 is 2.42 bits per heavy atom. The topological polar surface area (TPSA) is 41.6 Å². The van der Waals surface area contributed by atoms with E-state index >= 15 is 0 Å². The Morgan fingerprint density at radius 2 is 1.83 bits per heavy atom. The first-order chi connectivity index (χ1) is 11.2. The molecule has 2 saturated heterocycles. The highest BCUT2D eigenvalue weighted by Gasteiger charge is 2.44. The van der Waals surface area contributed by atoms with E-state index in [0.29, 0.717) is 10.0 Å². The van der Waals surface area contributed by atoms with Crippen LogP contribution in [0.1, 0.15) is 46.5 Å². The van der Waals surface area contributed by atoms with E-state index in [-0.39, 0.29) is 24.2 Å². The zero-order valence-corrected chi connectivity index (χ0v) is 15.8. The monoisotopic (exact) mass is 370 g/mol. The van der Waals surface area contributed by atoms with E-state index in [0.717, 1.165) is 31.4 Å². The molecule has 1 aromatic rings. The highest BCUT2D eigenvalue weighted by atomic mass is 35.5. The van der Waals surface area contributed by atoms with Crippen LogP contribution >= 0.6 is 23.2 Å². The fourth-order valence-corrected chi connectivity index (χ4v) is 4.10. The van der Waals surface area contributed by atoms with Gasteiger partial charge in [-0.05, 0) is 58.6 Å². The molecule has 0 saturated carbocycles. The van der Waals surface area contributed by atoms with Gasteiger partial charge in [-0.2, -0.15) is 0 Å². The van der Waals surface area contributed by atoms with Gasteiger partial charge in [-0.1, -0.05) is 29.3 Å². The molecule has 0 aromatic heterocycles. The SMILES string of the molecule is CC(C)(C)OC(=O)N1C2CCC1CC(Nc1cccc(Cl)c1Cl)C2. The normalized spacial score (nSPS) is 26.4. The van der Waals surface area contributed by atoms with Crippen LogP contribution < -0.4 is 5.32 Å². The number of halogens is 2. The van der Waals surface area contributed by atoms with Crippen molar-refractivity contribution in [2.75, 3.05) is 5.32 Å². The van der Waals surface area contributed by atoms with E-state index in [2.05, 4.69) is 5.32 Å². The number of anilines is 1. The molecular weight excluding hydrogens is 347 g/mol. The predicted octanol–water partition coefficient (Wildman–Crippen LogP) is 5.34. The summed E-state index contributed by atoms with van der Waals surface area (Å²) in [5.41, 5.74) is 0.402. The predicted molar refractivity (Wildman–Crippen MR) is 98.0 cm³/mol. The van der Waals surface area contributed by atoms with Gasteiger partial charge in [-0.25, -0.2) is 4.79 Å². The molecule has 0 radical (unpaired) electrons. The molecule has 1 N–H and O–H groups in total. The number of nitrogens with zero attached hydrogens (tertiary/aromatic N) is 1. The maximum atomic E-state index is 12.5. The first-order valence-corrected chi connectivity index (χ1v) is 9.22. The van der Waals surface area contributed by atoms with Gasteiger partial charge in [0, 0.05) is 18.1 Å². The molecule has 2 unspecified atom stereocenters. The smallest absolute Gasteiger partial charge is 0.410 e. The maximum absolute atomic E-state index is 12.5. The lowest BCUT2D eigenvalue weighted by Crippen LogP contribution is -2.51. The molecular formula is C18H24Cl2N2O2. The van der Waals surface area contributed by atoms with Crippen molar-refractivity contribution in [2.45, 2.75) is 70.2 Å². The summed E-state index contributed by atoms with van der Waals surface area (Å²) >= 11 is 12.4. The Bertz CT molecular complexity index is 616. The summed E-state index contributed by atoms with van der Waals surface area (Å²) < 4.78 is 5.57. The van der Waals surface area contributed by atoms with E-state index in [4.69, 9.17) is 27.9 Å². The third-order valence-electron chi connectivity index (χ3n) is 4.65. The fourth-order valence-electron chi connectivity index (χ4n) is 3.74. The minimum atomic E-state index is -0.458. The van der Waals surface area contributed by atoms with E-state index in [9.17, 15) is 4.79 Å². The van der Waals surface area contributed by atoms with Crippen LogP contribution in [0.25, 0.3) is 0 Å². The Labute approximate surface area is 153 Å². The number of amides is 1. The van der Waals surface area contributed by atoms with Crippen molar-refractivity contribution in [1.29, 1.82) is 0 Å². The second-order valence-electron chi connectivity index (χ2n) is 7.69. The minimum Gasteiger partial charge on any atom is -0.444 e. The van der Waals surface area contributed by atoms with Gasteiger partial charge in [0.25, 0.3) is 0 Å². The molecule has 0 spiro atoms. The summed E-state index contributed by atoms with van der Waals surface area (Å²) in [6.07, 6.45) is 3.68. The molecule has 2 bridgehead atoms. The van der Waals surface area contributed by atoms with Gasteiger partial charge in [0.1, 0.15) is 5.60 Å². The molecule has 1 amide bonds. The van der Waals surface area contributed by atoms with Gasteiger partial charge in [0.15, 0.2) is 0 Å². The standard InChI is InChI=1S/C18H24Cl2N2O2/c1-18(2,3)24-17(23)22-12-7-8-13(22)10-11(9-12)21-15-6-4-5-14(19)16(15)20/h4-6,11-13,21H,7-10H2,1-3H3. The van der Waals surface area contributed by atoms with Crippen LogP contribution in [0.2, 0.25) is 10.0 Å². The molecule has 2 atom stereocenters. The molecule has 4 nitrogen and oxygen atoms in total. The number of hydrogen-bond donors (Lipinski definition) is 1. The number of carbonyl (C=O) groups excluding carboxylic acids is 1. The van der Waals surface area contributed by atoms with Crippen LogP contribution in [0.4, 0.5) is 10.5 Å². The third-order valence-corrected chi connectivity index (χ3v) is 5.47. The van der Waals surface area contributed by atoms with Crippen LogP contribution in [0.5, 0.6) is 0 Å². The summed E-state index contributed by atoms with van der Waals surface area (Å²) in [5, 5.41) is 4.61. The average Bonchev–Trinajstić information content (AvgIpc) is 2.74. The number of benzene rings is 1. The van der Waals surface area contributed by atoms with Crippen molar-refractivity contribution in [1.82, 2.24) is 4.90 Å². The van der Waals surface area contributed by atoms with Crippen molar-refractivity contribution < 1.29 is 9.53 Å². The van der Waals surface area contributed by atoms with Gasteiger partial charge in [0.05, 0.1) is 15.7 Å². The van der Waals surface area contributed by atoms with Crippen LogP contribution in [0.3, 0.4) is 0 Å². The molecule has 6 heteroatoms. The van der Waals surface area contributed by atoms with E-state index in [1.165, 1.54) is 0 Å². The van der Waals surface area contributed by atoms with Gasteiger partial charge in [-0.15, -0.1) is 0 Å². The average molecular weight is 371 g/mol. The van der Waals surface area contributed by atoms with Crippen LogP contribution in [-0.2, 0) is 4.74 Å². The van der Waals surface area contributed by atoms with Crippen molar-refractivity contribution in [3.8, 4) is 0 Å². The van der Waals surface area contributed by atoms with Gasteiger partial charge < -0.3 is 15.0 Å². The van der Waals surface area contributed by atoms with Gasteiger partial charge in [0.2, 0.25) is 0 Å². The van der Waals surface area contributed by atoms with Crippen molar-refractivity contribution in [3.63, 3.8) is 0 Å². The lowest BCUT2D eigenvalue weighted by Gasteiger charge is -2.40. The summed E-state index contributed by atoms with van der Waals surface area (Å²) in [6.45, 7) is 5.72. The molecule has 0 aliphatic carbocycles. The largest absolute Gasteiger partial charge is 0.444 e. The van der Waals surface area contributed by atoms with Gasteiger partial charge >= 0.3 is 6.09 Å². The second-order valence-corrected chi connectivity index (χ2v) is 8.47. The number of fused-ring (bicyclic) bond motifs is 2. The van der Waals surface area contributed by atoms with Crippen molar-refractivity contribution in [2.24, 2.45) is 0 Å². The highest BCUT2D eigenvalue weighted by Crippen LogP contribution is 2.39. The van der Waals surface area contributed by atoms with Crippen LogP contribution in [0, 0.1) is 0 Å². The maximum Gasteiger partial charge on any atom is 0.410 e. The number of carbonyl (C=O) groups is 1. The number of nitrogens with one attached hydrogen (secondary N) is 1. The minimum absolute atomic E-state index is 0.186. The van der Waals surface area contributed by atoms with E-state index in [1.807, 2.05) is 37.8 Å². The summed E-state index contributed by atoms with van der Waals surface area (Å²) in [4.78, 5) is 14.4. The van der Waals surface area contributed by atoms with E-state index < -0.39 is 5.60 Å². The molecule has 2 aliphatic rings. The Balaban J connectivity index is 1.67. The number of rotatable bonds is 2. The molecule has 2 aliphatic heterocycles. The molecule has 3 rings (SSSR count). The summed E-state index contributed by atoms with van der Waals surface area (Å²) in [6, 6.07) is 6.36.